The molecule has 0 heterocycles. The van der Waals surface area contributed by atoms with Crippen molar-refractivity contribution in [1.29, 1.82) is 0 Å². The van der Waals surface area contributed by atoms with Crippen molar-refractivity contribution in [2.75, 3.05) is 0 Å². The molecule has 0 saturated carbocycles. The average Bonchev–Trinajstić information content (AvgIpc) is 2.33. The smallest absolute Gasteiger partial charge is 0.0183 e. The predicted molar refractivity (Wildman–Crippen MR) is 84.9 cm³/mol. The van der Waals surface area contributed by atoms with E-state index in [1.54, 1.807) is 0 Å². The Hall–Kier alpha value is -0.260. The van der Waals surface area contributed by atoms with Gasteiger partial charge in [-0.15, -0.1) is 0 Å². The van der Waals surface area contributed by atoms with Gasteiger partial charge < -0.3 is 0 Å². The highest BCUT2D eigenvalue weighted by Gasteiger charge is 2.16. The van der Waals surface area contributed by atoms with E-state index in [-0.39, 0.29) is 0 Å². The van der Waals surface area contributed by atoms with Crippen LogP contribution in [-0.4, -0.2) is 0 Å². The van der Waals surface area contributed by atoms with Gasteiger partial charge in [0.2, 0.25) is 0 Å². The number of hydrogen-bond donors (Lipinski definition) is 0. The van der Waals surface area contributed by atoms with Crippen molar-refractivity contribution in [1.82, 2.24) is 0 Å². The van der Waals surface area contributed by atoms with E-state index in [2.05, 4.69) is 41.2 Å². The number of unbranched alkanes of at least 4 members (excludes halogenated alkanes) is 3. The lowest BCUT2D eigenvalue weighted by atomic mass is 9.81. The van der Waals surface area contributed by atoms with Crippen molar-refractivity contribution in [3.8, 4) is 0 Å². The fourth-order valence-corrected chi connectivity index (χ4v) is 2.93. The molecule has 2 atom stereocenters. The normalized spacial score (nSPS) is 14.8. The Labute approximate surface area is 116 Å². The monoisotopic (exact) mass is 252 g/mol. The van der Waals surface area contributed by atoms with Crippen LogP contribution in [0.5, 0.6) is 0 Å². The molecule has 0 aliphatic rings. The van der Waals surface area contributed by atoms with Gasteiger partial charge in [0.05, 0.1) is 0 Å². The topological polar surface area (TPSA) is 0 Å². The van der Waals surface area contributed by atoms with Gasteiger partial charge in [-0.2, -0.15) is 0 Å². The molecule has 0 N–H and O–H groups in total. The van der Waals surface area contributed by atoms with Crippen molar-refractivity contribution in [2.45, 2.75) is 86.0 Å². The third kappa shape index (κ3) is 7.95. The van der Waals surface area contributed by atoms with Crippen molar-refractivity contribution >= 4 is 0 Å². The molecule has 0 radical (unpaired) electrons. The van der Waals surface area contributed by atoms with Crippen LogP contribution in [0.25, 0.3) is 0 Å². The molecule has 0 aromatic carbocycles. The quantitative estimate of drug-likeness (QED) is 0.286. The van der Waals surface area contributed by atoms with E-state index < -0.39 is 0 Å². The summed E-state index contributed by atoms with van der Waals surface area (Å²) < 4.78 is 0. The number of hydrogen-bond acceptors (Lipinski definition) is 0. The summed E-state index contributed by atoms with van der Waals surface area (Å²) in [6.07, 6.45) is 10.9. The van der Waals surface area contributed by atoms with Gasteiger partial charge in [-0.3, -0.25) is 0 Å². The molecular weight excluding hydrogens is 216 g/mol. The zero-order chi connectivity index (χ0) is 14.0. The summed E-state index contributed by atoms with van der Waals surface area (Å²) in [5.74, 6) is 2.46. The van der Waals surface area contributed by atoms with Crippen molar-refractivity contribution < 1.29 is 0 Å². The Morgan fingerprint density at radius 2 is 1.44 bits per heavy atom. The van der Waals surface area contributed by atoms with Crippen LogP contribution in [-0.2, 0) is 0 Å². The van der Waals surface area contributed by atoms with Gasteiger partial charge in [0.15, 0.2) is 0 Å². The molecule has 0 amide bonds. The molecule has 0 aromatic rings. The fourth-order valence-electron chi connectivity index (χ4n) is 2.93. The summed E-state index contributed by atoms with van der Waals surface area (Å²) in [4.78, 5) is 0. The second kappa shape index (κ2) is 10.6. The summed E-state index contributed by atoms with van der Waals surface area (Å²) in [5, 5.41) is 0. The lowest BCUT2D eigenvalue weighted by Crippen LogP contribution is -2.12. The summed E-state index contributed by atoms with van der Waals surface area (Å²) in [5.41, 5.74) is 1.46. The molecule has 0 bridgehead atoms. The van der Waals surface area contributed by atoms with E-state index in [1.165, 1.54) is 50.5 Å². The van der Waals surface area contributed by atoms with Gasteiger partial charge >= 0.3 is 0 Å². The lowest BCUT2D eigenvalue weighted by Gasteiger charge is -2.24. The predicted octanol–water partition coefficient (Wildman–Crippen LogP) is 6.61. The molecule has 0 rings (SSSR count). The molecule has 18 heavy (non-hydrogen) atoms. The molecule has 0 aliphatic heterocycles. The highest BCUT2D eigenvalue weighted by molar-refractivity contribution is 5.00. The summed E-state index contributed by atoms with van der Waals surface area (Å²) in [6, 6.07) is 0. The van der Waals surface area contributed by atoms with Gasteiger partial charge in [-0.25, -0.2) is 0 Å². The van der Waals surface area contributed by atoms with Crippen LogP contribution in [0.4, 0.5) is 0 Å². The lowest BCUT2D eigenvalue weighted by molar-refractivity contribution is 0.354. The van der Waals surface area contributed by atoms with Crippen molar-refractivity contribution in [2.24, 2.45) is 17.8 Å². The molecule has 0 heteroatoms. The van der Waals surface area contributed by atoms with Gasteiger partial charge in [0.25, 0.3) is 0 Å². The zero-order valence-corrected chi connectivity index (χ0v) is 13.6. The van der Waals surface area contributed by atoms with Crippen LogP contribution in [0.2, 0.25) is 0 Å². The Morgan fingerprint density at radius 3 is 1.89 bits per heavy atom. The average molecular weight is 252 g/mol. The minimum absolute atomic E-state index is 0.755. The summed E-state index contributed by atoms with van der Waals surface area (Å²) >= 11 is 0. The minimum atomic E-state index is 0.755. The van der Waals surface area contributed by atoms with Crippen LogP contribution >= 0.6 is 0 Å². The summed E-state index contributed by atoms with van der Waals surface area (Å²) in [6.45, 7) is 15.9. The largest absolute Gasteiger partial charge is 0.0996 e. The molecular formula is C18H36. The Balaban J connectivity index is 3.68. The van der Waals surface area contributed by atoms with Gasteiger partial charge in [0, 0.05) is 0 Å². The van der Waals surface area contributed by atoms with Crippen LogP contribution < -0.4 is 0 Å². The minimum Gasteiger partial charge on any atom is -0.0996 e. The molecule has 108 valence electrons. The van der Waals surface area contributed by atoms with Crippen LogP contribution in [0.15, 0.2) is 12.2 Å². The second-order valence-corrected chi connectivity index (χ2v) is 6.39. The van der Waals surface area contributed by atoms with Crippen LogP contribution in [0.1, 0.15) is 86.0 Å². The molecule has 0 fully saturated rings. The molecule has 0 spiro atoms. The Morgan fingerprint density at radius 1 is 0.889 bits per heavy atom. The Bertz CT molecular complexity index is 202. The van der Waals surface area contributed by atoms with Crippen molar-refractivity contribution in [3.05, 3.63) is 12.2 Å². The van der Waals surface area contributed by atoms with Crippen molar-refractivity contribution in [3.63, 3.8) is 0 Å². The molecule has 0 aromatic heterocycles. The maximum absolute atomic E-state index is 4.24. The third-order valence-electron chi connectivity index (χ3n) is 4.30. The highest BCUT2D eigenvalue weighted by atomic mass is 14.2. The molecule has 2 unspecified atom stereocenters. The molecule has 0 nitrogen and oxygen atoms in total. The van der Waals surface area contributed by atoms with E-state index in [9.17, 15) is 0 Å². The third-order valence-corrected chi connectivity index (χ3v) is 4.30. The van der Waals surface area contributed by atoms with E-state index in [0.717, 1.165) is 24.2 Å². The van der Waals surface area contributed by atoms with Crippen LogP contribution in [0.3, 0.4) is 0 Å². The first kappa shape index (κ1) is 17.7. The SMILES string of the molecule is C=C(CC)C(CC)C(C)CCCCCCC(C)C. The maximum atomic E-state index is 4.24. The highest BCUT2D eigenvalue weighted by Crippen LogP contribution is 2.29. The first-order chi connectivity index (χ1) is 8.52. The zero-order valence-electron chi connectivity index (χ0n) is 13.6. The standard InChI is InChI=1S/C18H36/c1-7-16(5)18(8-2)17(6)14-12-10-9-11-13-15(3)4/h15,17-18H,5,7-14H2,1-4,6H3. The molecule has 0 saturated heterocycles. The van der Waals surface area contributed by atoms with E-state index in [1.807, 2.05) is 0 Å². The second-order valence-electron chi connectivity index (χ2n) is 6.39. The van der Waals surface area contributed by atoms with Crippen LogP contribution in [0, 0.1) is 17.8 Å². The first-order valence-electron chi connectivity index (χ1n) is 8.20. The number of rotatable bonds is 11. The Kier molecular flexibility index (Phi) is 10.5. The van der Waals surface area contributed by atoms with E-state index >= 15 is 0 Å². The maximum Gasteiger partial charge on any atom is -0.0183 e. The fraction of sp³-hybridized carbons (Fsp3) is 0.889. The molecule has 0 aliphatic carbocycles. The van der Waals surface area contributed by atoms with E-state index in [4.69, 9.17) is 0 Å². The summed E-state index contributed by atoms with van der Waals surface area (Å²) in [7, 11) is 0. The van der Waals surface area contributed by atoms with E-state index in [0.29, 0.717) is 0 Å². The van der Waals surface area contributed by atoms with Gasteiger partial charge in [-0.05, 0) is 30.6 Å². The number of allylic oxidation sites excluding steroid dienone is 1. The van der Waals surface area contributed by atoms with Gasteiger partial charge in [0.1, 0.15) is 0 Å². The van der Waals surface area contributed by atoms with Gasteiger partial charge in [-0.1, -0.05) is 85.3 Å². The first-order valence-corrected chi connectivity index (χ1v) is 8.20.